The van der Waals surface area contributed by atoms with Gasteiger partial charge < -0.3 is 9.47 Å². The average Bonchev–Trinajstić information content (AvgIpc) is 2.63. The van der Waals surface area contributed by atoms with Crippen molar-refractivity contribution in [2.24, 2.45) is 23.2 Å². The molecule has 0 saturated heterocycles. The number of benzene rings is 1. The summed E-state index contributed by atoms with van der Waals surface area (Å²) in [6, 6.07) is 6.04. The zero-order chi connectivity index (χ0) is 18.1. The Morgan fingerprint density at radius 1 is 1.15 bits per heavy atom. The lowest BCUT2D eigenvalue weighted by molar-refractivity contribution is -0.138. The van der Waals surface area contributed by atoms with E-state index < -0.39 is 0 Å². The summed E-state index contributed by atoms with van der Waals surface area (Å²) in [7, 11) is 1.68. The van der Waals surface area contributed by atoms with E-state index in [1.165, 1.54) is 19.3 Å². The summed E-state index contributed by atoms with van der Waals surface area (Å²) in [6.45, 7) is 3.19. The fourth-order valence-electron chi connectivity index (χ4n) is 5.99. The third kappa shape index (κ3) is 3.34. The van der Waals surface area contributed by atoms with Crippen LogP contribution in [0.3, 0.4) is 0 Å². The highest BCUT2D eigenvalue weighted by Gasteiger charge is 2.53. The van der Waals surface area contributed by atoms with Crippen LogP contribution in [0, 0.1) is 23.2 Å². The number of allylic oxidation sites excluding steroid dienone is 1. The second-order valence-electron chi connectivity index (χ2n) is 8.60. The van der Waals surface area contributed by atoms with E-state index in [9.17, 15) is 4.79 Å². The van der Waals surface area contributed by atoms with E-state index in [4.69, 9.17) is 9.47 Å². The Morgan fingerprint density at radius 2 is 1.81 bits per heavy atom. The Morgan fingerprint density at radius 3 is 2.38 bits per heavy atom. The monoisotopic (exact) mass is 354 g/mol. The van der Waals surface area contributed by atoms with Gasteiger partial charge in [-0.3, -0.25) is 4.79 Å². The van der Waals surface area contributed by atoms with Gasteiger partial charge >= 0.3 is 0 Å². The highest BCUT2D eigenvalue weighted by atomic mass is 16.5. The number of ether oxygens (including phenoxy) is 2. The molecule has 0 radical (unpaired) electrons. The van der Waals surface area contributed by atoms with Crippen LogP contribution in [0.1, 0.15) is 56.6 Å². The van der Waals surface area contributed by atoms with E-state index in [0.717, 1.165) is 53.9 Å². The van der Waals surface area contributed by atoms with Crippen LogP contribution >= 0.6 is 0 Å². The van der Waals surface area contributed by atoms with Crippen molar-refractivity contribution in [2.75, 3.05) is 13.7 Å². The smallest absolute Gasteiger partial charge is 0.161 e. The van der Waals surface area contributed by atoms with Gasteiger partial charge in [0.25, 0.3) is 0 Å². The van der Waals surface area contributed by atoms with Gasteiger partial charge in [-0.25, -0.2) is 0 Å². The van der Waals surface area contributed by atoms with Crippen molar-refractivity contribution >= 4 is 11.9 Å². The summed E-state index contributed by atoms with van der Waals surface area (Å²) in [6.07, 6.45) is 11.3. The van der Waals surface area contributed by atoms with Gasteiger partial charge in [0.05, 0.1) is 13.7 Å². The van der Waals surface area contributed by atoms with Gasteiger partial charge in [0, 0.05) is 17.6 Å². The molecule has 4 bridgehead atoms. The molecule has 4 aliphatic carbocycles. The minimum atomic E-state index is -0.0497. The van der Waals surface area contributed by atoms with Crippen LogP contribution in [0.25, 0.3) is 6.08 Å². The molecule has 4 aliphatic rings. The third-order valence-electron chi connectivity index (χ3n) is 6.75. The normalized spacial score (nSPS) is 32.3. The Kier molecular flexibility index (Phi) is 4.92. The molecule has 5 rings (SSSR count). The van der Waals surface area contributed by atoms with Gasteiger partial charge in [0.1, 0.15) is 5.75 Å². The lowest BCUT2D eigenvalue weighted by Gasteiger charge is -2.55. The standard InChI is InChI=1S/C23H30O3/c1-3-26-15-20-11-16(4-6-21(20)25-2)5-7-22(24)23-12-17-8-18(13-23)10-19(9-17)14-23/h4-7,11,17-19H,3,8-10,12-15H2,1-2H3/b7-5+. The second-order valence-corrected chi connectivity index (χ2v) is 8.60. The van der Waals surface area contributed by atoms with Crippen molar-refractivity contribution in [1.82, 2.24) is 0 Å². The largest absolute Gasteiger partial charge is 0.496 e. The van der Waals surface area contributed by atoms with Crippen molar-refractivity contribution in [3.63, 3.8) is 0 Å². The first-order chi connectivity index (χ1) is 12.6. The maximum Gasteiger partial charge on any atom is 0.161 e. The number of rotatable bonds is 7. The van der Waals surface area contributed by atoms with Crippen molar-refractivity contribution in [3.8, 4) is 5.75 Å². The fourth-order valence-corrected chi connectivity index (χ4v) is 5.99. The van der Waals surface area contributed by atoms with Crippen LogP contribution in [-0.4, -0.2) is 19.5 Å². The van der Waals surface area contributed by atoms with E-state index in [2.05, 4.69) is 6.07 Å². The van der Waals surface area contributed by atoms with E-state index in [1.54, 1.807) is 7.11 Å². The zero-order valence-corrected chi connectivity index (χ0v) is 16.0. The molecule has 3 nitrogen and oxygen atoms in total. The topological polar surface area (TPSA) is 35.5 Å². The molecule has 0 atom stereocenters. The molecule has 4 fully saturated rings. The molecule has 140 valence electrons. The number of ketones is 1. The molecule has 0 unspecified atom stereocenters. The molecule has 0 amide bonds. The summed E-state index contributed by atoms with van der Waals surface area (Å²) in [5.41, 5.74) is 2.02. The molecule has 26 heavy (non-hydrogen) atoms. The van der Waals surface area contributed by atoms with Gasteiger partial charge in [-0.2, -0.15) is 0 Å². The van der Waals surface area contributed by atoms with Crippen LogP contribution in [0.2, 0.25) is 0 Å². The SMILES string of the molecule is CCOCc1cc(/C=C/C(=O)C23CC4CC(CC(C4)C2)C3)ccc1OC. The molecule has 1 aromatic carbocycles. The third-order valence-corrected chi connectivity index (χ3v) is 6.75. The Bertz CT molecular complexity index is 668. The molecular formula is C23H30O3. The van der Waals surface area contributed by atoms with Crippen molar-refractivity contribution < 1.29 is 14.3 Å². The van der Waals surface area contributed by atoms with Crippen LogP contribution in [0.5, 0.6) is 5.75 Å². The molecule has 0 aliphatic heterocycles. The quantitative estimate of drug-likeness (QED) is 0.644. The number of carbonyl (C=O) groups excluding carboxylic acids is 1. The predicted molar refractivity (Wildman–Crippen MR) is 103 cm³/mol. The molecule has 0 aromatic heterocycles. The van der Waals surface area contributed by atoms with Crippen molar-refractivity contribution in [3.05, 3.63) is 35.4 Å². The van der Waals surface area contributed by atoms with Crippen LogP contribution in [0.15, 0.2) is 24.3 Å². The Hall–Kier alpha value is -1.61. The Labute approximate surface area is 156 Å². The molecule has 3 heteroatoms. The summed E-state index contributed by atoms with van der Waals surface area (Å²) in [5.74, 6) is 3.61. The highest BCUT2D eigenvalue weighted by molar-refractivity contribution is 5.98. The van der Waals surface area contributed by atoms with Crippen molar-refractivity contribution in [1.29, 1.82) is 0 Å². The number of hydrogen-bond acceptors (Lipinski definition) is 3. The average molecular weight is 354 g/mol. The molecule has 0 N–H and O–H groups in total. The van der Waals surface area contributed by atoms with E-state index in [0.29, 0.717) is 19.0 Å². The van der Waals surface area contributed by atoms with Gasteiger partial charge in [-0.1, -0.05) is 12.1 Å². The highest BCUT2D eigenvalue weighted by Crippen LogP contribution is 2.60. The lowest BCUT2D eigenvalue weighted by Crippen LogP contribution is -2.49. The predicted octanol–water partition coefficient (Wildman–Crippen LogP) is 5.03. The van der Waals surface area contributed by atoms with E-state index in [1.807, 2.05) is 31.2 Å². The van der Waals surface area contributed by atoms with Crippen molar-refractivity contribution in [2.45, 2.75) is 52.1 Å². The number of methoxy groups -OCH3 is 1. The summed E-state index contributed by atoms with van der Waals surface area (Å²) in [4.78, 5) is 13.1. The zero-order valence-electron chi connectivity index (χ0n) is 16.0. The first-order valence-electron chi connectivity index (χ1n) is 10.1. The summed E-state index contributed by atoms with van der Waals surface area (Å²) < 4.78 is 11.0. The molecule has 0 spiro atoms. The molecule has 1 aromatic rings. The van der Waals surface area contributed by atoms with Crippen LogP contribution in [0.4, 0.5) is 0 Å². The first-order valence-corrected chi connectivity index (χ1v) is 10.1. The fraction of sp³-hybridized carbons (Fsp3) is 0.609. The van der Waals surface area contributed by atoms with E-state index in [-0.39, 0.29) is 5.41 Å². The molecule has 4 saturated carbocycles. The van der Waals surface area contributed by atoms with Gasteiger partial charge in [0.15, 0.2) is 5.78 Å². The number of hydrogen-bond donors (Lipinski definition) is 0. The second kappa shape index (κ2) is 7.19. The number of carbonyl (C=O) groups is 1. The maximum absolute atomic E-state index is 13.1. The van der Waals surface area contributed by atoms with Crippen LogP contribution < -0.4 is 4.74 Å². The minimum absolute atomic E-state index is 0.0497. The van der Waals surface area contributed by atoms with Gasteiger partial charge in [0.2, 0.25) is 0 Å². The summed E-state index contributed by atoms with van der Waals surface area (Å²) >= 11 is 0. The maximum atomic E-state index is 13.1. The van der Waals surface area contributed by atoms with Gasteiger partial charge in [-0.05, 0) is 87.0 Å². The lowest BCUT2D eigenvalue weighted by atomic mass is 9.48. The van der Waals surface area contributed by atoms with Crippen LogP contribution in [-0.2, 0) is 16.1 Å². The molecule has 0 heterocycles. The minimum Gasteiger partial charge on any atom is -0.496 e. The van der Waals surface area contributed by atoms with E-state index >= 15 is 0 Å². The summed E-state index contributed by atoms with van der Waals surface area (Å²) in [5, 5.41) is 0. The van der Waals surface area contributed by atoms with Gasteiger partial charge in [-0.15, -0.1) is 0 Å². The first kappa shape index (κ1) is 17.8. The Balaban J connectivity index is 1.50. The molecular weight excluding hydrogens is 324 g/mol.